The fraction of sp³-hybridized carbons (Fsp3) is 0.385. The van der Waals surface area contributed by atoms with Crippen LogP contribution < -0.4 is 5.32 Å². The molecule has 0 aliphatic rings. The Morgan fingerprint density at radius 3 is 2.76 bits per heavy atom. The predicted octanol–water partition coefficient (Wildman–Crippen LogP) is 1.47. The van der Waals surface area contributed by atoms with Gasteiger partial charge in [0, 0.05) is 24.2 Å². The summed E-state index contributed by atoms with van der Waals surface area (Å²) in [5.74, 6) is -1.48. The van der Waals surface area contributed by atoms with Gasteiger partial charge in [-0.2, -0.15) is 5.10 Å². The SMILES string of the molecule is Cc1cc(C)n(CCCNC(=O)c2nc(C(=O)O)cs2)n1. The molecular weight excluding hydrogens is 292 g/mol. The number of aryl methyl sites for hydroxylation is 3. The second-order valence-electron chi connectivity index (χ2n) is 4.60. The van der Waals surface area contributed by atoms with E-state index >= 15 is 0 Å². The molecule has 21 heavy (non-hydrogen) atoms. The Morgan fingerprint density at radius 2 is 2.19 bits per heavy atom. The van der Waals surface area contributed by atoms with Crippen LogP contribution in [-0.4, -0.2) is 38.3 Å². The molecule has 2 heterocycles. The van der Waals surface area contributed by atoms with Crippen molar-refractivity contribution in [1.82, 2.24) is 20.1 Å². The molecule has 0 atom stereocenters. The summed E-state index contributed by atoms with van der Waals surface area (Å²) in [6.45, 7) is 5.13. The summed E-state index contributed by atoms with van der Waals surface area (Å²) >= 11 is 1.02. The zero-order valence-corrected chi connectivity index (χ0v) is 12.6. The van der Waals surface area contributed by atoms with E-state index in [2.05, 4.69) is 15.4 Å². The quantitative estimate of drug-likeness (QED) is 0.788. The van der Waals surface area contributed by atoms with E-state index in [9.17, 15) is 9.59 Å². The standard InChI is InChI=1S/C13H16N4O3S/c1-8-6-9(2)17(16-8)5-3-4-14-11(18)12-15-10(7-21-12)13(19)20/h6-7H,3-5H2,1-2H3,(H,14,18)(H,19,20). The molecular formula is C13H16N4O3S. The lowest BCUT2D eigenvalue weighted by atomic mass is 10.4. The van der Waals surface area contributed by atoms with Crippen LogP contribution in [0.4, 0.5) is 0 Å². The van der Waals surface area contributed by atoms with Crippen LogP contribution in [0.25, 0.3) is 0 Å². The van der Waals surface area contributed by atoms with Gasteiger partial charge in [0.1, 0.15) is 0 Å². The molecule has 0 radical (unpaired) electrons. The lowest BCUT2D eigenvalue weighted by Crippen LogP contribution is -2.25. The Hall–Kier alpha value is -2.22. The molecule has 0 saturated carbocycles. The van der Waals surface area contributed by atoms with Crippen molar-refractivity contribution >= 4 is 23.2 Å². The van der Waals surface area contributed by atoms with Crippen LogP contribution in [0.5, 0.6) is 0 Å². The number of aromatic nitrogens is 3. The summed E-state index contributed by atoms with van der Waals surface area (Å²) in [4.78, 5) is 26.2. The zero-order chi connectivity index (χ0) is 15.4. The molecule has 2 N–H and O–H groups in total. The minimum atomic E-state index is -1.13. The lowest BCUT2D eigenvalue weighted by molar-refractivity contribution is 0.0691. The molecule has 0 aliphatic heterocycles. The van der Waals surface area contributed by atoms with E-state index in [4.69, 9.17) is 5.11 Å². The number of thiazole rings is 1. The van der Waals surface area contributed by atoms with E-state index in [1.807, 2.05) is 24.6 Å². The smallest absolute Gasteiger partial charge is 0.355 e. The Labute approximate surface area is 125 Å². The molecule has 2 rings (SSSR count). The number of carboxylic acid groups (broad SMARTS) is 1. The monoisotopic (exact) mass is 308 g/mol. The van der Waals surface area contributed by atoms with Gasteiger partial charge >= 0.3 is 5.97 Å². The average molecular weight is 308 g/mol. The van der Waals surface area contributed by atoms with Crippen LogP contribution in [0, 0.1) is 13.8 Å². The largest absolute Gasteiger partial charge is 0.476 e. The van der Waals surface area contributed by atoms with Gasteiger partial charge in [-0.25, -0.2) is 9.78 Å². The molecule has 0 saturated heterocycles. The number of aromatic carboxylic acids is 1. The lowest BCUT2D eigenvalue weighted by Gasteiger charge is -2.05. The second-order valence-corrected chi connectivity index (χ2v) is 5.46. The van der Waals surface area contributed by atoms with E-state index < -0.39 is 5.97 Å². The first-order valence-electron chi connectivity index (χ1n) is 6.45. The normalized spacial score (nSPS) is 10.6. The Morgan fingerprint density at radius 1 is 1.43 bits per heavy atom. The van der Waals surface area contributed by atoms with Crippen LogP contribution in [0.2, 0.25) is 0 Å². The number of hydrogen-bond donors (Lipinski definition) is 2. The number of hydrogen-bond acceptors (Lipinski definition) is 5. The second kappa shape index (κ2) is 6.49. The molecule has 0 aliphatic carbocycles. The van der Waals surface area contributed by atoms with E-state index in [-0.39, 0.29) is 16.6 Å². The van der Waals surface area contributed by atoms with E-state index in [1.54, 1.807) is 0 Å². The number of nitrogens with zero attached hydrogens (tertiary/aromatic N) is 3. The third-order valence-electron chi connectivity index (χ3n) is 2.85. The number of carbonyl (C=O) groups is 2. The molecule has 0 bridgehead atoms. The number of carboxylic acids is 1. The molecule has 0 aromatic carbocycles. The van der Waals surface area contributed by atoms with Gasteiger partial charge in [0.15, 0.2) is 10.7 Å². The molecule has 0 fully saturated rings. The highest BCUT2D eigenvalue weighted by molar-refractivity contribution is 7.11. The average Bonchev–Trinajstić information content (AvgIpc) is 3.02. The summed E-state index contributed by atoms with van der Waals surface area (Å²) in [5.41, 5.74) is 1.96. The first kappa shape index (κ1) is 15.2. The van der Waals surface area contributed by atoms with Gasteiger partial charge in [-0.1, -0.05) is 0 Å². The minimum absolute atomic E-state index is 0.104. The van der Waals surface area contributed by atoms with Gasteiger partial charge < -0.3 is 10.4 Å². The van der Waals surface area contributed by atoms with Crippen LogP contribution in [0.15, 0.2) is 11.4 Å². The van der Waals surface area contributed by atoms with Gasteiger partial charge in [-0.3, -0.25) is 9.48 Å². The summed E-state index contributed by atoms with van der Waals surface area (Å²) in [5, 5.41) is 17.3. The van der Waals surface area contributed by atoms with Gasteiger partial charge in [0.25, 0.3) is 5.91 Å². The van der Waals surface area contributed by atoms with E-state index in [0.717, 1.165) is 35.7 Å². The van der Waals surface area contributed by atoms with Crippen molar-refractivity contribution in [2.24, 2.45) is 0 Å². The summed E-state index contributed by atoms with van der Waals surface area (Å²) in [6, 6.07) is 2.00. The molecule has 112 valence electrons. The van der Waals surface area contributed by atoms with Gasteiger partial charge in [0.2, 0.25) is 0 Å². The molecule has 1 amide bonds. The first-order chi connectivity index (χ1) is 9.97. The Kier molecular flexibility index (Phi) is 4.69. The summed E-state index contributed by atoms with van der Waals surface area (Å²) in [7, 11) is 0. The maximum Gasteiger partial charge on any atom is 0.355 e. The Balaban J connectivity index is 1.79. The molecule has 2 aromatic heterocycles. The number of nitrogens with one attached hydrogen (secondary N) is 1. The van der Waals surface area contributed by atoms with E-state index in [1.165, 1.54) is 5.38 Å². The minimum Gasteiger partial charge on any atom is -0.476 e. The van der Waals surface area contributed by atoms with Crippen LogP contribution >= 0.6 is 11.3 Å². The number of carbonyl (C=O) groups excluding carboxylic acids is 1. The number of amides is 1. The van der Waals surface area contributed by atoms with Gasteiger partial charge in [-0.05, 0) is 26.3 Å². The third kappa shape index (κ3) is 3.88. The van der Waals surface area contributed by atoms with Crippen molar-refractivity contribution < 1.29 is 14.7 Å². The highest BCUT2D eigenvalue weighted by Gasteiger charge is 2.14. The van der Waals surface area contributed by atoms with Crippen LogP contribution in [0.3, 0.4) is 0 Å². The highest BCUT2D eigenvalue weighted by Crippen LogP contribution is 2.09. The van der Waals surface area contributed by atoms with Crippen molar-refractivity contribution in [3.8, 4) is 0 Å². The number of rotatable bonds is 6. The van der Waals surface area contributed by atoms with Crippen molar-refractivity contribution in [2.75, 3.05) is 6.54 Å². The van der Waals surface area contributed by atoms with Gasteiger partial charge in [0.05, 0.1) is 5.69 Å². The zero-order valence-electron chi connectivity index (χ0n) is 11.8. The van der Waals surface area contributed by atoms with Crippen molar-refractivity contribution in [3.05, 3.63) is 33.5 Å². The van der Waals surface area contributed by atoms with Crippen LogP contribution in [0.1, 0.15) is 38.1 Å². The molecule has 0 spiro atoms. The summed E-state index contributed by atoms with van der Waals surface area (Å²) < 4.78 is 1.90. The molecule has 8 heteroatoms. The van der Waals surface area contributed by atoms with Crippen molar-refractivity contribution in [3.63, 3.8) is 0 Å². The fourth-order valence-electron chi connectivity index (χ4n) is 1.88. The van der Waals surface area contributed by atoms with Crippen molar-refractivity contribution in [1.29, 1.82) is 0 Å². The maximum atomic E-state index is 11.8. The first-order valence-corrected chi connectivity index (χ1v) is 7.33. The molecule has 7 nitrogen and oxygen atoms in total. The summed E-state index contributed by atoms with van der Waals surface area (Å²) in [6.07, 6.45) is 0.741. The highest BCUT2D eigenvalue weighted by atomic mass is 32.1. The topological polar surface area (TPSA) is 97.1 Å². The fourth-order valence-corrected chi connectivity index (χ4v) is 2.59. The van der Waals surface area contributed by atoms with Crippen LogP contribution in [-0.2, 0) is 6.54 Å². The van der Waals surface area contributed by atoms with E-state index in [0.29, 0.717) is 6.54 Å². The maximum absolute atomic E-state index is 11.8. The Bertz CT molecular complexity index is 662. The predicted molar refractivity (Wildman–Crippen MR) is 77.7 cm³/mol. The molecule has 2 aromatic rings. The van der Waals surface area contributed by atoms with Gasteiger partial charge in [-0.15, -0.1) is 11.3 Å². The third-order valence-corrected chi connectivity index (χ3v) is 3.69. The van der Waals surface area contributed by atoms with Crippen molar-refractivity contribution in [2.45, 2.75) is 26.8 Å². The molecule has 0 unspecified atom stereocenters.